The SMILES string of the molecule is CCOC(=O)N1CCN(Cc2cccc(C)c2)CC1. The van der Waals surface area contributed by atoms with Crippen molar-refractivity contribution in [2.24, 2.45) is 0 Å². The summed E-state index contributed by atoms with van der Waals surface area (Å²) in [4.78, 5) is 15.8. The normalized spacial score (nSPS) is 16.4. The first kappa shape index (κ1) is 13.9. The number of carbonyl (C=O) groups excluding carboxylic acids is 1. The maximum absolute atomic E-state index is 11.6. The number of hydrogen-bond donors (Lipinski definition) is 0. The third-order valence-electron chi connectivity index (χ3n) is 3.39. The minimum Gasteiger partial charge on any atom is -0.450 e. The average molecular weight is 262 g/mol. The molecule has 0 unspecified atom stereocenters. The molecule has 0 N–H and O–H groups in total. The lowest BCUT2D eigenvalue weighted by molar-refractivity contribution is 0.0778. The predicted molar refractivity (Wildman–Crippen MR) is 75.1 cm³/mol. The molecule has 4 nitrogen and oxygen atoms in total. The summed E-state index contributed by atoms with van der Waals surface area (Å²) in [6.07, 6.45) is -0.183. The third kappa shape index (κ3) is 3.96. The summed E-state index contributed by atoms with van der Waals surface area (Å²) in [6, 6.07) is 8.59. The second-order valence-electron chi connectivity index (χ2n) is 4.95. The van der Waals surface area contributed by atoms with Crippen molar-refractivity contribution in [1.82, 2.24) is 9.80 Å². The van der Waals surface area contributed by atoms with Gasteiger partial charge in [0.2, 0.25) is 0 Å². The lowest BCUT2D eigenvalue weighted by Gasteiger charge is -2.34. The fourth-order valence-corrected chi connectivity index (χ4v) is 2.37. The molecule has 1 amide bonds. The van der Waals surface area contributed by atoms with E-state index in [1.165, 1.54) is 11.1 Å². The third-order valence-corrected chi connectivity index (χ3v) is 3.39. The summed E-state index contributed by atoms with van der Waals surface area (Å²) in [7, 11) is 0. The van der Waals surface area contributed by atoms with Crippen molar-refractivity contribution in [3.63, 3.8) is 0 Å². The van der Waals surface area contributed by atoms with Crippen LogP contribution in [0.25, 0.3) is 0 Å². The summed E-state index contributed by atoms with van der Waals surface area (Å²) in [5, 5.41) is 0. The van der Waals surface area contributed by atoms with Crippen molar-refractivity contribution in [2.45, 2.75) is 20.4 Å². The molecule has 0 saturated carbocycles. The van der Waals surface area contributed by atoms with Crippen molar-refractivity contribution in [2.75, 3.05) is 32.8 Å². The summed E-state index contributed by atoms with van der Waals surface area (Å²) >= 11 is 0. The van der Waals surface area contributed by atoms with E-state index >= 15 is 0 Å². The Hall–Kier alpha value is -1.55. The van der Waals surface area contributed by atoms with Crippen molar-refractivity contribution in [3.8, 4) is 0 Å². The fraction of sp³-hybridized carbons (Fsp3) is 0.533. The molecule has 19 heavy (non-hydrogen) atoms. The molecule has 1 saturated heterocycles. The van der Waals surface area contributed by atoms with Gasteiger partial charge in [0.15, 0.2) is 0 Å². The summed E-state index contributed by atoms with van der Waals surface area (Å²) in [5.74, 6) is 0. The molecular weight excluding hydrogens is 240 g/mol. The van der Waals surface area contributed by atoms with Gasteiger partial charge < -0.3 is 9.64 Å². The van der Waals surface area contributed by atoms with Crippen LogP contribution in [0.1, 0.15) is 18.1 Å². The van der Waals surface area contributed by atoms with E-state index in [-0.39, 0.29) is 6.09 Å². The number of amides is 1. The van der Waals surface area contributed by atoms with E-state index in [1.54, 1.807) is 4.90 Å². The number of rotatable bonds is 3. The predicted octanol–water partition coefficient (Wildman–Crippen LogP) is 2.27. The second kappa shape index (κ2) is 6.57. The number of carbonyl (C=O) groups is 1. The number of piperazine rings is 1. The Morgan fingerprint density at radius 1 is 1.26 bits per heavy atom. The van der Waals surface area contributed by atoms with Gasteiger partial charge in [-0.3, -0.25) is 4.90 Å². The van der Waals surface area contributed by atoms with Crippen LogP contribution in [0.5, 0.6) is 0 Å². The van der Waals surface area contributed by atoms with Crippen LogP contribution in [-0.2, 0) is 11.3 Å². The van der Waals surface area contributed by atoms with E-state index in [2.05, 4.69) is 36.1 Å². The van der Waals surface area contributed by atoms with Crippen LogP contribution in [0.2, 0.25) is 0 Å². The highest BCUT2D eigenvalue weighted by Gasteiger charge is 2.21. The zero-order valence-electron chi connectivity index (χ0n) is 11.8. The highest BCUT2D eigenvalue weighted by Crippen LogP contribution is 2.10. The molecule has 2 rings (SSSR count). The van der Waals surface area contributed by atoms with E-state index in [4.69, 9.17) is 4.74 Å². The molecule has 0 atom stereocenters. The van der Waals surface area contributed by atoms with Crippen molar-refractivity contribution < 1.29 is 9.53 Å². The first-order valence-electron chi connectivity index (χ1n) is 6.88. The number of ether oxygens (including phenoxy) is 1. The van der Waals surface area contributed by atoms with Gasteiger partial charge in [0.1, 0.15) is 0 Å². The molecule has 1 aromatic carbocycles. The number of nitrogens with zero attached hydrogens (tertiary/aromatic N) is 2. The molecule has 1 aromatic rings. The molecular formula is C15H22N2O2. The first-order valence-corrected chi connectivity index (χ1v) is 6.88. The molecule has 1 aliphatic heterocycles. The molecule has 0 bridgehead atoms. The second-order valence-corrected chi connectivity index (χ2v) is 4.95. The number of benzene rings is 1. The zero-order chi connectivity index (χ0) is 13.7. The van der Waals surface area contributed by atoms with Crippen LogP contribution in [-0.4, -0.2) is 48.7 Å². The van der Waals surface area contributed by atoms with Crippen LogP contribution in [0, 0.1) is 6.92 Å². The van der Waals surface area contributed by atoms with Gasteiger partial charge in [-0.1, -0.05) is 29.8 Å². The fourth-order valence-electron chi connectivity index (χ4n) is 2.37. The summed E-state index contributed by atoms with van der Waals surface area (Å²) < 4.78 is 5.02. The Balaban J connectivity index is 1.82. The molecule has 1 aliphatic rings. The van der Waals surface area contributed by atoms with Crippen LogP contribution in [0.15, 0.2) is 24.3 Å². The highest BCUT2D eigenvalue weighted by atomic mass is 16.6. The molecule has 4 heteroatoms. The van der Waals surface area contributed by atoms with E-state index in [0.717, 1.165) is 32.7 Å². The Labute approximate surface area is 115 Å². The maximum atomic E-state index is 11.6. The Morgan fingerprint density at radius 2 is 2.00 bits per heavy atom. The van der Waals surface area contributed by atoms with Crippen molar-refractivity contribution in [1.29, 1.82) is 0 Å². The molecule has 104 valence electrons. The quantitative estimate of drug-likeness (QED) is 0.837. The van der Waals surface area contributed by atoms with Gasteiger partial charge in [0.05, 0.1) is 6.61 Å². The average Bonchev–Trinajstić information content (AvgIpc) is 2.40. The molecule has 0 radical (unpaired) electrons. The van der Waals surface area contributed by atoms with E-state index in [1.807, 2.05) is 6.92 Å². The van der Waals surface area contributed by atoms with Crippen LogP contribution in [0.3, 0.4) is 0 Å². The summed E-state index contributed by atoms with van der Waals surface area (Å²) in [5.41, 5.74) is 2.63. The molecule has 1 heterocycles. The standard InChI is InChI=1S/C15H22N2O2/c1-3-19-15(18)17-9-7-16(8-10-17)12-14-6-4-5-13(2)11-14/h4-6,11H,3,7-10,12H2,1-2H3. The van der Waals surface area contributed by atoms with Gasteiger partial charge in [-0.05, 0) is 19.4 Å². The van der Waals surface area contributed by atoms with Gasteiger partial charge in [-0.25, -0.2) is 4.79 Å². The Kier molecular flexibility index (Phi) is 4.80. The number of aryl methyl sites for hydroxylation is 1. The first-order chi connectivity index (χ1) is 9.19. The largest absolute Gasteiger partial charge is 0.450 e. The van der Waals surface area contributed by atoms with Crippen molar-refractivity contribution >= 4 is 6.09 Å². The maximum Gasteiger partial charge on any atom is 0.409 e. The monoisotopic (exact) mass is 262 g/mol. The molecule has 0 aromatic heterocycles. The van der Waals surface area contributed by atoms with Gasteiger partial charge in [0, 0.05) is 32.7 Å². The molecule has 1 fully saturated rings. The van der Waals surface area contributed by atoms with E-state index < -0.39 is 0 Å². The van der Waals surface area contributed by atoms with Crippen molar-refractivity contribution in [3.05, 3.63) is 35.4 Å². The smallest absolute Gasteiger partial charge is 0.409 e. The minimum absolute atomic E-state index is 0.183. The van der Waals surface area contributed by atoms with Crippen LogP contribution >= 0.6 is 0 Å². The minimum atomic E-state index is -0.183. The topological polar surface area (TPSA) is 32.8 Å². The van der Waals surface area contributed by atoms with Crippen LogP contribution in [0.4, 0.5) is 4.79 Å². The Morgan fingerprint density at radius 3 is 2.63 bits per heavy atom. The molecule has 0 aliphatic carbocycles. The summed E-state index contributed by atoms with van der Waals surface area (Å²) in [6.45, 7) is 8.68. The van der Waals surface area contributed by atoms with Gasteiger partial charge >= 0.3 is 6.09 Å². The zero-order valence-corrected chi connectivity index (χ0v) is 11.8. The lowest BCUT2D eigenvalue weighted by atomic mass is 10.1. The highest BCUT2D eigenvalue weighted by molar-refractivity contribution is 5.67. The van der Waals surface area contributed by atoms with Crippen LogP contribution < -0.4 is 0 Å². The van der Waals surface area contributed by atoms with Gasteiger partial charge in [-0.2, -0.15) is 0 Å². The molecule has 0 spiro atoms. The van der Waals surface area contributed by atoms with E-state index in [0.29, 0.717) is 6.61 Å². The van der Waals surface area contributed by atoms with Gasteiger partial charge in [-0.15, -0.1) is 0 Å². The van der Waals surface area contributed by atoms with Gasteiger partial charge in [0.25, 0.3) is 0 Å². The number of hydrogen-bond acceptors (Lipinski definition) is 3. The Bertz CT molecular complexity index is 426. The van der Waals surface area contributed by atoms with E-state index in [9.17, 15) is 4.79 Å². The lowest BCUT2D eigenvalue weighted by Crippen LogP contribution is -2.48.